The van der Waals surface area contributed by atoms with Gasteiger partial charge in [0.15, 0.2) is 0 Å². The minimum absolute atomic E-state index is 0.228. The molecule has 30 heavy (non-hydrogen) atoms. The molecule has 4 rings (SSSR count). The molecule has 1 amide bonds. The minimum Gasteiger partial charge on any atom is -0.438 e. The van der Waals surface area contributed by atoms with Crippen LogP contribution in [-0.4, -0.2) is 31.1 Å². The third-order valence-electron chi connectivity index (χ3n) is 4.30. The SMILES string of the molecule is Cc1cc(Oc2ncccc2C#N)ccc1NC(=O)c1ccccc1-n1cnnn1. The number of anilines is 1. The lowest BCUT2D eigenvalue weighted by Gasteiger charge is -2.13. The summed E-state index contributed by atoms with van der Waals surface area (Å²) in [6, 6.07) is 17.6. The fourth-order valence-corrected chi connectivity index (χ4v) is 2.84. The third kappa shape index (κ3) is 3.83. The lowest BCUT2D eigenvalue weighted by atomic mass is 10.1. The number of carbonyl (C=O) groups is 1. The van der Waals surface area contributed by atoms with Gasteiger partial charge in [-0.15, -0.1) is 5.10 Å². The number of aryl methyl sites for hydroxylation is 1. The molecule has 0 aliphatic rings. The Hall–Kier alpha value is -4.58. The fourth-order valence-electron chi connectivity index (χ4n) is 2.84. The van der Waals surface area contributed by atoms with Crippen LogP contribution in [0.5, 0.6) is 11.6 Å². The Bertz CT molecular complexity index is 1250. The average molecular weight is 397 g/mol. The molecule has 0 saturated carbocycles. The Morgan fingerprint density at radius 1 is 1.17 bits per heavy atom. The maximum atomic E-state index is 12.9. The standard InChI is InChI=1S/C21H15N7O2/c1-14-11-16(30-21-15(12-22)5-4-10-23-21)8-9-18(14)25-20(29)17-6-2-3-7-19(17)28-13-24-26-27-28/h2-11,13H,1H3,(H,25,29). The smallest absolute Gasteiger partial charge is 0.257 e. The molecule has 146 valence electrons. The highest BCUT2D eigenvalue weighted by atomic mass is 16.5. The van der Waals surface area contributed by atoms with Gasteiger partial charge in [-0.2, -0.15) is 9.94 Å². The van der Waals surface area contributed by atoms with Crippen LogP contribution in [0, 0.1) is 18.3 Å². The number of tetrazole rings is 1. The van der Waals surface area contributed by atoms with Gasteiger partial charge in [0.2, 0.25) is 5.88 Å². The van der Waals surface area contributed by atoms with E-state index in [4.69, 9.17) is 10.00 Å². The van der Waals surface area contributed by atoms with Gasteiger partial charge in [-0.05, 0) is 65.4 Å². The van der Waals surface area contributed by atoms with Crippen LogP contribution >= 0.6 is 0 Å². The van der Waals surface area contributed by atoms with E-state index >= 15 is 0 Å². The summed E-state index contributed by atoms with van der Waals surface area (Å²) in [5.41, 5.74) is 2.75. The van der Waals surface area contributed by atoms with Crippen molar-refractivity contribution in [1.29, 1.82) is 5.26 Å². The predicted molar refractivity (Wildman–Crippen MR) is 107 cm³/mol. The molecule has 2 aromatic heterocycles. The molecule has 9 heteroatoms. The molecule has 2 heterocycles. The van der Waals surface area contributed by atoms with Crippen molar-refractivity contribution < 1.29 is 9.53 Å². The van der Waals surface area contributed by atoms with E-state index in [1.165, 1.54) is 11.0 Å². The first-order chi connectivity index (χ1) is 14.7. The molecule has 0 aliphatic carbocycles. The summed E-state index contributed by atoms with van der Waals surface area (Å²) in [6.07, 6.45) is 2.98. The molecule has 0 aliphatic heterocycles. The fraction of sp³-hybridized carbons (Fsp3) is 0.0476. The number of nitrogens with zero attached hydrogens (tertiary/aromatic N) is 6. The van der Waals surface area contributed by atoms with Crippen LogP contribution in [0.15, 0.2) is 67.1 Å². The summed E-state index contributed by atoms with van der Waals surface area (Å²) < 4.78 is 7.15. The number of hydrogen-bond donors (Lipinski definition) is 1. The van der Waals surface area contributed by atoms with E-state index in [1.54, 1.807) is 60.8 Å². The Labute approximate surface area is 171 Å². The topological polar surface area (TPSA) is 119 Å². The van der Waals surface area contributed by atoms with Crippen LogP contribution in [0.25, 0.3) is 5.69 Å². The summed E-state index contributed by atoms with van der Waals surface area (Å²) in [5, 5.41) is 23.1. The first-order valence-corrected chi connectivity index (χ1v) is 8.93. The molecule has 0 unspecified atom stereocenters. The molecule has 0 spiro atoms. The van der Waals surface area contributed by atoms with Crippen molar-refractivity contribution in [3.63, 3.8) is 0 Å². The van der Waals surface area contributed by atoms with E-state index in [0.717, 1.165) is 5.56 Å². The predicted octanol–water partition coefficient (Wildman–Crippen LogP) is 3.28. The van der Waals surface area contributed by atoms with E-state index in [2.05, 4.69) is 25.8 Å². The van der Waals surface area contributed by atoms with Crippen LogP contribution in [0.2, 0.25) is 0 Å². The monoisotopic (exact) mass is 397 g/mol. The van der Waals surface area contributed by atoms with Gasteiger partial charge in [-0.1, -0.05) is 12.1 Å². The van der Waals surface area contributed by atoms with Crippen molar-refractivity contribution >= 4 is 11.6 Å². The highest BCUT2D eigenvalue weighted by Gasteiger charge is 2.15. The number of para-hydroxylation sites is 1. The van der Waals surface area contributed by atoms with Gasteiger partial charge in [0, 0.05) is 11.9 Å². The number of hydrogen-bond acceptors (Lipinski definition) is 7. The second-order valence-electron chi connectivity index (χ2n) is 6.27. The van der Waals surface area contributed by atoms with Crippen molar-refractivity contribution in [2.45, 2.75) is 6.92 Å². The zero-order chi connectivity index (χ0) is 20.9. The molecule has 4 aromatic rings. The van der Waals surface area contributed by atoms with Gasteiger partial charge in [0.05, 0.1) is 11.3 Å². The third-order valence-corrected chi connectivity index (χ3v) is 4.30. The Morgan fingerprint density at radius 3 is 2.80 bits per heavy atom. The number of ether oxygens (including phenoxy) is 1. The summed E-state index contributed by atoms with van der Waals surface area (Å²) >= 11 is 0. The zero-order valence-electron chi connectivity index (χ0n) is 15.9. The minimum atomic E-state index is -0.297. The second kappa shape index (κ2) is 8.20. The number of carbonyl (C=O) groups excluding carboxylic acids is 1. The first kappa shape index (κ1) is 18.8. The van der Waals surface area contributed by atoms with Gasteiger partial charge in [0.1, 0.15) is 23.7 Å². The number of pyridine rings is 1. The molecule has 0 atom stereocenters. The Morgan fingerprint density at radius 2 is 2.03 bits per heavy atom. The molecule has 0 saturated heterocycles. The number of aromatic nitrogens is 5. The van der Waals surface area contributed by atoms with Crippen LogP contribution in [0.1, 0.15) is 21.5 Å². The summed E-state index contributed by atoms with van der Waals surface area (Å²) in [7, 11) is 0. The molecule has 9 nitrogen and oxygen atoms in total. The van der Waals surface area contributed by atoms with Gasteiger partial charge >= 0.3 is 0 Å². The molecule has 1 N–H and O–H groups in total. The normalized spacial score (nSPS) is 10.3. The quantitative estimate of drug-likeness (QED) is 0.549. The number of nitrogens with one attached hydrogen (secondary N) is 1. The van der Waals surface area contributed by atoms with Crippen LogP contribution in [0.3, 0.4) is 0 Å². The summed E-state index contributed by atoms with van der Waals surface area (Å²) in [4.78, 5) is 17.0. The van der Waals surface area contributed by atoms with Crippen molar-refractivity contribution in [2.75, 3.05) is 5.32 Å². The second-order valence-corrected chi connectivity index (χ2v) is 6.27. The maximum Gasteiger partial charge on any atom is 0.257 e. The highest BCUT2D eigenvalue weighted by molar-refractivity contribution is 6.07. The van der Waals surface area contributed by atoms with Crippen LogP contribution in [-0.2, 0) is 0 Å². The Balaban J connectivity index is 1.55. The number of amides is 1. The average Bonchev–Trinajstić information content (AvgIpc) is 3.31. The van der Waals surface area contributed by atoms with Crippen LogP contribution in [0.4, 0.5) is 5.69 Å². The van der Waals surface area contributed by atoms with Gasteiger partial charge in [0.25, 0.3) is 5.91 Å². The van der Waals surface area contributed by atoms with E-state index in [0.29, 0.717) is 28.3 Å². The van der Waals surface area contributed by atoms with E-state index in [9.17, 15) is 4.79 Å². The summed E-state index contributed by atoms with van der Waals surface area (Å²) in [5.74, 6) is 0.440. The van der Waals surface area contributed by atoms with Crippen molar-refractivity contribution in [3.05, 3.63) is 83.8 Å². The van der Waals surface area contributed by atoms with E-state index < -0.39 is 0 Å². The van der Waals surface area contributed by atoms with Crippen molar-refractivity contribution in [2.24, 2.45) is 0 Å². The lowest BCUT2D eigenvalue weighted by Crippen LogP contribution is -2.16. The zero-order valence-corrected chi connectivity index (χ0v) is 15.9. The van der Waals surface area contributed by atoms with E-state index in [-0.39, 0.29) is 11.8 Å². The molecular formula is C21H15N7O2. The van der Waals surface area contributed by atoms with E-state index in [1.807, 2.05) is 13.0 Å². The molecule has 0 fully saturated rings. The lowest BCUT2D eigenvalue weighted by molar-refractivity contribution is 0.102. The first-order valence-electron chi connectivity index (χ1n) is 8.93. The molecular weight excluding hydrogens is 382 g/mol. The molecule has 0 bridgehead atoms. The largest absolute Gasteiger partial charge is 0.438 e. The van der Waals surface area contributed by atoms with Gasteiger partial charge in [-0.3, -0.25) is 4.79 Å². The van der Waals surface area contributed by atoms with Crippen LogP contribution < -0.4 is 10.1 Å². The number of benzene rings is 2. The number of nitriles is 1. The summed E-state index contributed by atoms with van der Waals surface area (Å²) in [6.45, 7) is 1.85. The highest BCUT2D eigenvalue weighted by Crippen LogP contribution is 2.27. The van der Waals surface area contributed by atoms with Gasteiger partial charge in [-0.25, -0.2) is 4.98 Å². The van der Waals surface area contributed by atoms with Crippen molar-refractivity contribution in [3.8, 4) is 23.4 Å². The Kier molecular flexibility index (Phi) is 5.13. The molecule has 0 radical (unpaired) electrons. The van der Waals surface area contributed by atoms with Crippen molar-refractivity contribution in [1.82, 2.24) is 25.2 Å². The number of rotatable bonds is 5. The maximum absolute atomic E-state index is 12.9. The van der Waals surface area contributed by atoms with Gasteiger partial charge < -0.3 is 10.1 Å². The molecule has 2 aromatic carbocycles.